The standard InChI is InChI=1S/C8H10AsNO5.C5H9NO4/c10-5-1-2-7(9(13,14)15)6(3-5)8(12)4-11;6-3(5(9)10)1-2-4(7)8/h1-3,11H,4,10H2,(H2,13,14,15);3H,1-2,6H2,(H,7,8)(H,9,10). The van der Waals surface area contributed by atoms with Crippen LogP contribution in [0, 0.1) is 0 Å². The van der Waals surface area contributed by atoms with E-state index in [1.54, 1.807) is 0 Å². The number of carbonyl (C=O) groups is 3. The SMILES string of the molecule is NC(CCC(=O)O)C(=O)O.Nc1ccc([As](=O)(O)O)c(C(=O)CO)c1. The molecule has 0 spiro atoms. The van der Waals surface area contributed by atoms with Gasteiger partial charge in [0.1, 0.15) is 6.04 Å². The normalized spacial score (nSPS) is 11.8. The summed E-state index contributed by atoms with van der Waals surface area (Å²) in [7, 11) is 0. The number of hydrogen-bond donors (Lipinski definition) is 7. The van der Waals surface area contributed by atoms with E-state index in [1.165, 1.54) is 6.07 Å². The quantitative estimate of drug-likeness (QED) is 0.136. The Labute approximate surface area is 144 Å². The zero-order valence-corrected chi connectivity index (χ0v) is 14.8. The molecule has 1 rings (SSSR count). The number of carboxylic acid groups (broad SMARTS) is 2. The second kappa shape index (κ2) is 9.96. The van der Waals surface area contributed by atoms with Gasteiger partial charge in [-0.05, 0) is 6.42 Å². The molecule has 0 aliphatic rings. The number of anilines is 1. The van der Waals surface area contributed by atoms with Crippen molar-refractivity contribution in [2.24, 2.45) is 5.73 Å². The maximum atomic E-state index is 11.2. The molecule has 12 heteroatoms. The molecule has 9 N–H and O–H groups in total. The molecule has 1 unspecified atom stereocenters. The van der Waals surface area contributed by atoms with Gasteiger partial charge in [0.2, 0.25) is 0 Å². The Morgan fingerprint density at radius 3 is 2.12 bits per heavy atom. The van der Waals surface area contributed by atoms with E-state index in [2.05, 4.69) is 0 Å². The summed E-state index contributed by atoms with van der Waals surface area (Å²) in [6, 6.07) is 2.49. The summed E-state index contributed by atoms with van der Waals surface area (Å²) < 4.78 is 28.7. The van der Waals surface area contributed by atoms with Gasteiger partial charge in [0, 0.05) is 6.42 Å². The molecule has 11 nitrogen and oxygen atoms in total. The van der Waals surface area contributed by atoms with Crippen molar-refractivity contribution in [1.82, 2.24) is 0 Å². The summed E-state index contributed by atoms with van der Waals surface area (Å²) in [6.45, 7) is -0.813. The van der Waals surface area contributed by atoms with E-state index in [9.17, 15) is 18.1 Å². The first kappa shape index (κ1) is 22.8. The summed E-state index contributed by atoms with van der Waals surface area (Å²) in [5, 5.41) is 24.9. The Hall–Kier alpha value is -2.17. The van der Waals surface area contributed by atoms with E-state index < -0.39 is 44.5 Å². The van der Waals surface area contributed by atoms with Gasteiger partial charge in [-0.2, -0.15) is 0 Å². The van der Waals surface area contributed by atoms with E-state index in [4.69, 9.17) is 35.0 Å². The van der Waals surface area contributed by atoms with Crippen molar-refractivity contribution in [2.75, 3.05) is 12.3 Å². The van der Waals surface area contributed by atoms with Crippen molar-refractivity contribution in [3.05, 3.63) is 23.8 Å². The van der Waals surface area contributed by atoms with Gasteiger partial charge in [0.05, 0.1) is 0 Å². The third kappa shape index (κ3) is 8.47. The van der Waals surface area contributed by atoms with Crippen LogP contribution in [0.4, 0.5) is 5.69 Å². The molecule has 0 heterocycles. The Bertz CT molecular complexity index is 686. The molecule has 0 amide bonds. The second-order valence-corrected chi connectivity index (χ2v) is 8.07. The molecule has 1 aromatic carbocycles. The van der Waals surface area contributed by atoms with Crippen LogP contribution in [0.5, 0.6) is 0 Å². The number of ketones is 1. The third-order valence-corrected chi connectivity index (χ3v) is 4.90. The van der Waals surface area contributed by atoms with Crippen LogP contribution in [0.1, 0.15) is 23.2 Å². The van der Waals surface area contributed by atoms with Crippen LogP contribution in [0.2, 0.25) is 0 Å². The number of nitrogen functional groups attached to an aromatic ring is 1. The third-order valence-electron chi connectivity index (χ3n) is 2.76. The Balaban J connectivity index is 0.000000504. The van der Waals surface area contributed by atoms with Crippen LogP contribution in [0.3, 0.4) is 0 Å². The summed E-state index contributed by atoms with van der Waals surface area (Å²) in [6.07, 6.45) is -0.224. The van der Waals surface area contributed by atoms with Gasteiger partial charge in [0.15, 0.2) is 0 Å². The van der Waals surface area contributed by atoms with Crippen LogP contribution < -0.4 is 15.8 Å². The number of rotatable bonds is 7. The molecule has 0 bridgehead atoms. The van der Waals surface area contributed by atoms with Gasteiger partial charge in [-0.1, -0.05) is 0 Å². The second-order valence-electron chi connectivity index (χ2n) is 4.78. The van der Waals surface area contributed by atoms with Gasteiger partial charge in [-0.15, -0.1) is 0 Å². The predicted octanol–water partition coefficient (Wildman–Crippen LogP) is -2.73. The van der Waals surface area contributed by atoms with E-state index >= 15 is 0 Å². The summed E-state index contributed by atoms with van der Waals surface area (Å²) in [5.41, 5.74) is 10.4. The zero-order chi connectivity index (χ0) is 19.8. The number of Topliss-reactive ketones (excluding diaryl/α,β-unsaturated/α-hetero) is 1. The first-order valence-electron chi connectivity index (χ1n) is 6.70. The van der Waals surface area contributed by atoms with E-state index in [0.29, 0.717) is 0 Å². The number of aliphatic hydroxyl groups excluding tert-OH is 1. The number of aliphatic carboxylic acids is 2. The monoisotopic (exact) mass is 422 g/mol. The van der Waals surface area contributed by atoms with Gasteiger partial charge >= 0.3 is 99.9 Å². The first-order chi connectivity index (χ1) is 11.4. The van der Waals surface area contributed by atoms with Crippen molar-refractivity contribution in [3.8, 4) is 0 Å². The number of benzene rings is 1. The average molecular weight is 422 g/mol. The molecule has 0 aromatic heterocycles. The summed E-state index contributed by atoms with van der Waals surface area (Å²) in [5.74, 6) is -2.96. The summed E-state index contributed by atoms with van der Waals surface area (Å²) >= 11 is -5.16. The average Bonchev–Trinajstić information content (AvgIpc) is 2.50. The van der Waals surface area contributed by atoms with E-state index in [1.807, 2.05) is 0 Å². The molecule has 0 aliphatic carbocycles. The van der Waals surface area contributed by atoms with Crippen molar-refractivity contribution >= 4 is 41.9 Å². The number of nitrogens with two attached hydrogens (primary N) is 2. The first-order valence-corrected chi connectivity index (χ1v) is 10.1. The topological polar surface area (TPSA) is 221 Å². The Morgan fingerprint density at radius 1 is 1.16 bits per heavy atom. The Morgan fingerprint density at radius 2 is 1.72 bits per heavy atom. The van der Waals surface area contributed by atoms with Gasteiger partial charge in [0.25, 0.3) is 0 Å². The van der Waals surface area contributed by atoms with E-state index in [0.717, 1.165) is 12.1 Å². The molecule has 1 atom stereocenters. The molecule has 25 heavy (non-hydrogen) atoms. The zero-order valence-electron chi connectivity index (χ0n) is 12.9. The molecule has 0 saturated carbocycles. The van der Waals surface area contributed by atoms with E-state index in [-0.39, 0.29) is 28.4 Å². The molecule has 140 valence electrons. The van der Waals surface area contributed by atoms with Crippen LogP contribution in [-0.4, -0.2) is 68.1 Å². The number of carbonyl (C=O) groups excluding carboxylic acids is 1. The number of aliphatic hydroxyl groups is 1. The molecule has 0 aliphatic heterocycles. The van der Waals surface area contributed by atoms with Gasteiger partial charge in [-0.25, -0.2) is 0 Å². The fraction of sp³-hybridized carbons (Fsp3) is 0.308. The van der Waals surface area contributed by atoms with Crippen LogP contribution in [0.15, 0.2) is 18.2 Å². The van der Waals surface area contributed by atoms with Crippen molar-refractivity contribution in [3.63, 3.8) is 0 Å². The molecule has 0 saturated heterocycles. The van der Waals surface area contributed by atoms with Crippen LogP contribution in [-0.2, 0) is 13.3 Å². The molecule has 1 aromatic rings. The molecule has 0 fully saturated rings. The minimum atomic E-state index is -5.16. The fourth-order valence-corrected chi connectivity index (χ4v) is 3.14. The van der Waals surface area contributed by atoms with Gasteiger partial charge in [-0.3, -0.25) is 9.59 Å². The van der Waals surface area contributed by atoms with Crippen molar-refractivity contribution < 1.29 is 41.6 Å². The van der Waals surface area contributed by atoms with Crippen molar-refractivity contribution in [2.45, 2.75) is 18.9 Å². The van der Waals surface area contributed by atoms with Crippen LogP contribution >= 0.6 is 0 Å². The van der Waals surface area contributed by atoms with Gasteiger partial charge < -0.3 is 15.9 Å². The molecular formula is C13H19AsN2O9. The molecule has 0 radical (unpaired) electrons. The number of hydrogen-bond acceptors (Lipinski definition) is 7. The minimum absolute atomic E-state index is 0.0231. The van der Waals surface area contributed by atoms with Crippen LogP contribution in [0.25, 0.3) is 0 Å². The fourth-order valence-electron chi connectivity index (χ4n) is 1.52. The predicted molar refractivity (Wildman–Crippen MR) is 85.3 cm³/mol. The number of carboxylic acids is 2. The molecular weight excluding hydrogens is 403 g/mol. The summed E-state index contributed by atoms with van der Waals surface area (Å²) in [4.78, 5) is 31.1. The Kier molecular flexibility index (Phi) is 9.10. The maximum absolute atomic E-state index is 11.2. The van der Waals surface area contributed by atoms with Crippen molar-refractivity contribution in [1.29, 1.82) is 0 Å².